The van der Waals surface area contributed by atoms with Gasteiger partial charge in [-0.1, -0.05) is 54.6 Å². The minimum atomic E-state index is 0.0383. The van der Waals surface area contributed by atoms with Crippen molar-refractivity contribution in [2.75, 3.05) is 34.2 Å². The lowest BCUT2D eigenvalue weighted by molar-refractivity contribution is 0.170. The highest BCUT2D eigenvalue weighted by Crippen LogP contribution is 2.21. The lowest BCUT2D eigenvalue weighted by Gasteiger charge is -2.32. The number of rotatable bonds is 5. The zero-order valence-corrected chi connectivity index (χ0v) is 17.8. The molecule has 1 aliphatic heterocycles. The van der Waals surface area contributed by atoms with E-state index >= 15 is 0 Å². The number of aliphatic imine (C=N–C) groups is 1. The number of nitrogens with zero attached hydrogens (tertiary/aromatic N) is 3. The number of urea groups is 1. The van der Waals surface area contributed by atoms with Gasteiger partial charge < -0.3 is 15.1 Å². The number of benzene rings is 2. The molecule has 0 radical (unpaired) electrons. The van der Waals surface area contributed by atoms with E-state index in [0.29, 0.717) is 12.5 Å². The van der Waals surface area contributed by atoms with Crippen molar-refractivity contribution in [3.63, 3.8) is 0 Å². The smallest absolute Gasteiger partial charge is 0.317 e. The first-order valence-corrected chi connectivity index (χ1v) is 10.4. The Morgan fingerprint density at radius 1 is 1.03 bits per heavy atom. The molecule has 1 saturated heterocycles. The molecule has 0 saturated carbocycles. The van der Waals surface area contributed by atoms with Crippen LogP contribution in [0, 0.1) is 5.92 Å². The minimum absolute atomic E-state index is 0.0383. The van der Waals surface area contributed by atoms with Gasteiger partial charge in [-0.05, 0) is 36.3 Å². The van der Waals surface area contributed by atoms with Gasteiger partial charge in [-0.15, -0.1) is 0 Å². The molecule has 1 heterocycles. The van der Waals surface area contributed by atoms with E-state index in [1.165, 1.54) is 5.56 Å². The van der Waals surface area contributed by atoms with E-state index in [2.05, 4.69) is 64.9 Å². The number of carbonyl (C=O) groups excluding carboxylic acids is 1. The molecule has 0 aromatic heterocycles. The predicted molar refractivity (Wildman–Crippen MR) is 119 cm³/mol. The molecule has 5 nitrogen and oxygen atoms in total. The molecule has 1 N–H and O–H groups in total. The van der Waals surface area contributed by atoms with Crippen LogP contribution in [0.4, 0.5) is 4.79 Å². The monoisotopic (exact) mass is 392 g/mol. The van der Waals surface area contributed by atoms with Gasteiger partial charge in [-0.2, -0.15) is 0 Å². The third-order valence-electron chi connectivity index (χ3n) is 5.56. The van der Waals surface area contributed by atoms with E-state index in [-0.39, 0.29) is 6.03 Å². The largest absolute Gasteiger partial charge is 0.363 e. The van der Waals surface area contributed by atoms with Gasteiger partial charge in [-0.3, -0.25) is 4.99 Å². The number of nitrogens with one attached hydrogen (secondary N) is 1. The van der Waals surface area contributed by atoms with Crippen LogP contribution in [0.5, 0.6) is 0 Å². The molecule has 0 unspecified atom stereocenters. The van der Waals surface area contributed by atoms with Crippen molar-refractivity contribution < 1.29 is 4.79 Å². The van der Waals surface area contributed by atoms with Crippen LogP contribution in [-0.4, -0.2) is 55.9 Å². The summed E-state index contributed by atoms with van der Waals surface area (Å²) in [7, 11) is 5.77. The molecule has 0 bridgehead atoms. The zero-order valence-electron chi connectivity index (χ0n) is 17.8. The first-order chi connectivity index (χ1) is 14.1. The SMILES string of the molecule is C/N=C(/c1ccc(CNC(=O)N2CCC(Cc3ccccc3)CC2)cc1)N(C)C. The van der Waals surface area contributed by atoms with Crippen molar-refractivity contribution in [1.29, 1.82) is 0 Å². The van der Waals surface area contributed by atoms with Crippen molar-refractivity contribution in [2.24, 2.45) is 10.9 Å². The average Bonchev–Trinajstić information content (AvgIpc) is 2.74. The number of amides is 2. The third kappa shape index (κ3) is 5.83. The number of hydrogen-bond acceptors (Lipinski definition) is 2. The Kier molecular flexibility index (Phi) is 7.28. The number of piperidine rings is 1. The van der Waals surface area contributed by atoms with Crippen LogP contribution in [0.2, 0.25) is 0 Å². The second kappa shape index (κ2) is 10.1. The Balaban J connectivity index is 1.44. The molecule has 154 valence electrons. The molecule has 3 rings (SSSR count). The first kappa shape index (κ1) is 20.9. The standard InChI is InChI=1S/C24H32N4O/c1-25-23(27(2)3)22-11-9-21(10-12-22)18-26-24(29)28-15-13-20(14-16-28)17-19-7-5-4-6-8-19/h4-12,20H,13-18H2,1-3H3,(H,26,29)/b25-23-. The molecule has 0 atom stereocenters. The van der Waals surface area contributed by atoms with Crippen molar-refractivity contribution >= 4 is 11.9 Å². The van der Waals surface area contributed by atoms with Gasteiger partial charge in [-0.25, -0.2) is 4.79 Å². The summed E-state index contributed by atoms with van der Waals surface area (Å²) in [5, 5.41) is 3.06. The van der Waals surface area contributed by atoms with Crippen LogP contribution in [0.3, 0.4) is 0 Å². The zero-order chi connectivity index (χ0) is 20.6. The minimum Gasteiger partial charge on any atom is -0.363 e. The van der Waals surface area contributed by atoms with Gasteiger partial charge in [0.25, 0.3) is 0 Å². The molecule has 2 amide bonds. The quantitative estimate of drug-likeness (QED) is 0.622. The normalized spacial score (nSPS) is 15.3. The van der Waals surface area contributed by atoms with Crippen LogP contribution in [0.1, 0.15) is 29.5 Å². The first-order valence-electron chi connectivity index (χ1n) is 10.4. The number of hydrogen-bond donors (Lipinski definition) is 1. The predicted octanol–water partition coefficient (Wildman–Crippen LogP) is 3.79. The molecule has 2 aromatic carbocycles. The van der Waals surface area contributed by atoms with Crippen LogP contribution in [0.15, 0.2) is 59.6 Å². The van der Waals surface area contributed by atoms with Crippen LogP contribution >= 0.6 is 0 Å². The molecule has 0 aliphatic carbocycles. The van der Waals surface area contributed by atoms with Crippen molar-refractivity contribution in [1.82, 2.24) is 15.1 Å². The Morgan fingerprint density at radius 2 is 1.69 bits per heavy atom. The fraction of sp³-hybridized carbons (Fsp3) is 0.417. The Hall–Kier alpha value is -2.82. The van der Waals surface area contributed by atoms with Gasteiger partial charge in [0.05, 0.1) is 0 Å². The van der Waals surface area contributed by atoms with E-state index < -0.39 is 0 Å². The molecular formula is C24H32N4O. The average molecular weight is 393 g/mol. The molecule has 1 aliphatic rings. The second-order valence-electron chi connectivity index (χ2n) is 7.92. The molecular weight excluding hydrogens is 360 g/mol. The van der Waals surface area contributed by atoms with E-state index in [1.807, 2.05) is 23.9 Å². The van der Waals surface area contributed by atoms with Gasteiger partial charge in [0.1, 0.15) is 5.84 Å². The summed E-state index contributed by atoms with van der Waals surface area (Å²) in [5.74, 6) is 1.61. The topological polar surface area (TPSA) is 47.9 Å². The molecule has 2 aromatic rings. The summed E-state index contributed by atoms with van der Waals surface area (Å²) in [6.07, 6.45) is 3.25. The highest BCUT2D eigenvalue weighted by molar-refractivity contribution is 5.98. The van der Waals surface area contributed by atoms with Crippen molar-refractivity contribution in [3.8, 4) is 0 Å². The van der Waals surface area contributed by atoms with Crippen molar-refractivity contribution in [3.05, 3.63) is 71.3 Å². The Morgan fingerprint density at radius 3 is 2.28 bits per heavy atom. The van der Waals surface area contributed by atoms with Gasteiger partial charge in [0.15, 0.2) is 0 Å². The summed E-state index contributed by atoms with van der Waals surface area (Å²) < 4.78 is 0. The molecule has 1 fully saturated rings. The molecule has 5 heteroatoms. The van der Waals surface area contributed by atoms with Crippen LogP contribution in [0.25, 0.3) is 0 Å². The van der Waals surface area contributed by atoms with E-state index in [1.54, 1.807) is 7.05 Å². The maximum absolute atomic E-state index is 12.5. The van der Waals surface area contributed by atoms with E-state index in [4.69, 9.17) is 0 Å². The fourth-order valence-electron chi connectivity index (χ4n) is 3.94. The summed E-state index contributed by atoms with van der Waals surface area (Å²) in [5.41, 5.74) is 3.56. The highest BCUT2D eigenvalue weighted by Gasteiger charge is 2.22. The highest BCUT2D eigenvalue weighted by atomic mass is 16.2. The van der Waals surface area contributed by atoms with Gasteiger partial charge in [0.2, 0.25) is 0 Å². The van der Waals surface area contributed by atoms with Crippen molar-refractivity contribution in [2.45, 2.75) is 25.8 Å². The van der Waals surface area contributed by atoms with Gasteiger partial charge in [0, 0.05) is 46.3 Å². The fourth-order valence-corrected chi connectivity index (χ4v) is 3.94. The number of likely N-dealkylation sites (tertiary alicyclic amines) is 1. The summed E-state index contributed by atoms with van der Waals surface area (Å²) in [6, 6.07) is 18.9. The molecule has 0 spiro atoms. The lowest BCUT2D eigenvalue weighted by atomic mass is 9.90. The van der Waals surface area contributed by atoms with E-state index in [9.17, 15) is 4.79 Å². The van der Waals surface area contributed by atoms with Crippen LogP contribution < -0.4 is 5.32 Å². The maximum Gasteiger partial charge on any atom is 0.317 e. The Labute approximate surface area is 174 Å². The second-order valence-corrected chi connectivity index (χ2v) is 7.92. The van der Waals surface area contributed by atoms with Gasteiger partial charge >= 0.3 is 6.03 Å². The number of carbonyl (C=O) groups is 1. The summed E-state index contributed by atoms with van der Waals surface area (Å²) in [4.78, 5) is 20.8. The summed E-state index contributed by atoms with van der Waals surface area (Å²) >= 11 is 0. The third-order valence-corrected chi connectivity index (χ3v) is 5.56. The van der Waals surface area contributed by atoms with Crippen LogP contribution in [-0.2, 0) is 13.0 Å². The lowest BCUT2D eigenvalue weighted by Crippen LogP contribution is -2.44. The van der Waals surface area contributed by atoms with E-state index in [0.717, 1.165) is 49.3 Å². The number of amidine groups is 1. The Bertz CT molecular complexity index is 807. The molecule has 29 heavy (non-hydrogen) atoms. The summed E-state index contributed by atoms with van der Waals surface area (Å²) in [6.45, 7) is 2.21. The maximum atomic E-state index is 12.5.